The summed E-state index contributed by atoms with van der Waals surface area (Å²) in [5.74, 6) is 1.65. The maximum Gasteiger partial charge on any atom is 0.227 e. The number of rotatable bonds is 8. The third-order valence-electron chi connectivity index (χ3n) is 3.92. The fraction of sp³-hybridized carbons (Fsp3) is 0.286. The Kier molecular flexibility index (Phi) is 6.66. The number of amides is 1. The Hall–Kier alpha value is -2.86. The highest BCUT2D eigenvalue weighted by atomic mass is 35.5. The second-order valence-corrected chi connectivity index (χ2v) is 7.04. The molecule has 0 fully saturated rings. The second kappa shape index (κ2) is 9.37. The Labute approximate surface area is 168 Å². The molecule has 7 heteroatoms. The van der Waals surface area contributed by atoms with E-state index >= 15 is 0 Å². The molecule has 0 saturated heterocycles. The summed E-state index contributed by atoms with van der Waals surface area (Å²) < 4.78 is 10.8. The summed E-state index contributed by atoms with van der Waals surface area (Å²) in [7, 11) is 0. The number of hydrogen-bond acceptors (Lipinski definition) is 5. The number of carbonyl (C=O) groups is 1. The molecule has 1 N–H and O–H groups in total. The van der Waals surface area contributed by atoms with Crippen LogP contribution in [0, 0.1) is 0 Å². The molecule has 0 saturated carbocycles. The maximum atomic E-state index is 12.1. The standard InChI is InChI=1S/C21H22ClN3O3/c1-14(2)27-18-9-3-15(4-10-18)13-23-19(26)11-12-20-24-21(25-28-20)16-5-7-17(22)8-6-16/h3-10,14H,11-13H2,1-2H3,(H,23,26). The molecule has 0 unspecified atom stereocenters. The highest BCUT2D eigenvalue weighted by molar-refractivity contribution is 6.30. The summed E-state index contributed by atoms with van der Waals surface area (Å²) in [6.07, 6.45) is 0.792. The molecule has 3 aromatic rings. The van der Waals surface area contributed by atoms with E-state index in [9.17, 15) is 4.79 Å². The minimum Gasteiger partial charge on any atom is -0.491 e. The lowest BCUT2D eigenvalue weighted by molar-refractivity contribution is -0.121. The van der Waals surface area contributed by atoms with Gasteiger partial charge in [0.15, 0.2) is 0 Å². The Balaban J connectivity index is 1.45. The fourth-order valence-electron chi connectivity index (χ4n) is 2.54. The first-order valence-corrected chi connectivity index (χ1v) is 9.48. The first kappa shape index (κ1) is 19.9. The lowest BCUT2D eigenvalue weighted by Crippen LogP contribution is -2.23. The van der Waals surface area contributed by atoms with Crippen LogP contribution in [0.5, 0.6) is 5.75 Å². The zero-order valence-electron chi connectivity index (χ0n) is 15.8. The van der Waals surface area contributed by atoms with E-state index in [1.807, 2.05) is 50.2 Å². The van der Waals surface area contributed by atoms with Crippen molar-refractivity contribution >= 4 is 17.5 Å². The van der Waals surface area contributed by atoms with E-state index in [1.165, 1.54) is 0 Å². The van der Waals surface area contributed by atoms with Crippen molar-refractivity contribution in [2.24, 2.45) is 0 Å². The second-order valence-electron chi connectivity index (χ2n) is 6.61. The smallest absolute Gasteiger partial charge is 0.227 e. The quantitative estimate of drug-likeness (QED) is 0.606. The van der Waals surface area contributed by atoms with Crippen LogP contribution >= 0.6 is 11.6 Å². The zero-order chi connectivity index (χ0) is 19.9. The van der Waals surface area contributed by atoms with Gasteiger partial charge in [-0.3, -0.25) is 4.79 Å². The number of aromatic nitrogens is 2. The van der Waals surface area contributed by atoms with E-state index in [4.69, 9.17) is 20.9 Å². The number of aryl methyl sites for hydroxylation is 1. The molecule has 6 nitrogen and oxygen atoms in total. The highest BCUT2D eigenvalue weighted by Crippen LogP contribution is 2.19. The molecule has 0 spiro atoms. The van der Waals surface area contributed by atoms with Gasteiger partial charge in [-0.05, 0) is 55.8 Å². The van der Waals surface area contributed by atoms with Crippen molar-refractivity contribution in [3.05, 3.63) is 65.0 Å². The molecule has 3 rings (SSSR count). The molecule has 0 aliphatic rings. The number of nitrogens with one attached hydrogen (secondary N) is 1. The van der Waals surface area contributed by atoms with Gasteiger partial charge < -0.3 is 14.6 Å². The molecule has 0 aliphatic carbocycles. The predicted molar refractivity (Wildman–Crippen MR) is 107 cm³/mol. The van der Waals surface area contributed by atoms with Gasteiger partial charge in [0.1, 0.15) is 5.75 Å². The third kappa shape index (κ3) is 5.82. The molecular formula is C21H22ClN3O3. The van der Waals surface area contributed by atoms with Gasteiger partial charge in [-0.25, -0.2) is 0 Å². The fourth-order valence-corrected chi connectivity index (χ4v) is 2.67. The molecule has 0 atom stereocenters. The van der Waals surface area contributed by atoms with E-state index in [-0.39, 0.29) is 18.4 Å². The lowest BCUT2D eigenvalue weighted by Gasteiger charge is -2.10. The summed E-state index contributed by atoms with van der Waals surface area (Å²) in [6.45, 7) is 4.42. The minimum absolute atomic E-state index is 0.0752. The van der Waals surface area contributed by atoms with E-state index in [2.05, 4.69) is 15.5 Å². The number of nitrogens with zero attached hydrogens (tertiary/aromatic N) is 2. The van der Waals surface area contributed by atoms with Crippen LogP contribution in [0.25, 0.3) is 11.4 Å². The van der Waals surface area contributed by atoms with Crippen molar-refractivity contribution in [2.45, 2.75) is 39.3 Å². The van der Waals surface area contributed by atoms with Crippen molar-refractivity contribution in [1.29, 1.82) is 0 Å². The van der Waals surface area contributed by atoms with Crippen LogP contribution in [0.2, 0.25) is 5.02 Å². The zero-order valence-corrected chi connectivity index (χ0v) is 16.6. The Morgan fingerprint density at radius 1 is 1.14 bits per heavy atom. The normalized spacial score (nSPS) is 10.9. The van der Waals surface area contributed by atoms with Gasteiger partial charge in [0, 0.05) is 30.0 Å². The van der Waals surface area contributed by atoms with Crippen LogP contribution in [0.15, 0.2) is 53.1 Å². The number of hydrogen-bond donors (Lipinski definition) is 1. The first-order chi connectivity index (χ1) is 13.5. The first-order valence-electron chi connectivity index (χ1n) is 9.10. The van der Waals surface area contributed by atoms with E-state index < -0.39 is 0 Å². The molecular weight excluding hydrogens is 378 g/mol. The van der Waals surface area contributed by atoms with Crippen LogP contribution < -0.4 is 10.1 Å². The predicted octanol–water partition coefficient (Wildman–Crippen LogP) is 4.43. The van der Waals surface area contributed by atoms with Crippen molar-refractivity contribution in [2.75, 3.05) is 0 Å². The monoisotopic (exact) mass is 399 g/mol. The number of ether oxygens (including phenoxy) is 1. The third-order valence-corrected chi connectivity index (χ3v) is 4.17. The molecule has 1 amide bonds. The maximum absolute atomic E-state index is 12.1. The van der Waals surface area contributed by atoms with Crippen LogP contribution in [0.1, 0.15) is 31.7 Å². The van der Waals surface area contributed by atoms with Gasteiger partial charge in [0.2, 0.25) is 17.6 Å². The van der Waals surface area contributed by atoms with Crippen molar-refractivity contribution in [3.8, 4) is 17.1 Å². The average Bonchev–Trinajstić information content (AvgIpc) is 3.15. The summed E-state index contributed by atoms with van der Waals surface area (Å²) in [5, 5.41) is 7.48. The minimum atomic E-state index is -0.0752. The van der Waals surface area contributed by atoms with Gasteiger partial charge in [0.05, 0.1) is 6.10 Å². The Morgan fingerprint density at radius 3 is 2.54 bits per heavy atom. The molecule has 0 radical (unpaired) electrons. The van der Waals surface area contributed by atoms with Crippen molar-refractivity contribution < 1.29 is 14.1 Å². The van der Waals surface area contributed by atoms with Gasteiger partial charge in [-0.1, -0.05) is 28.9 Å². The van der Waals surface area contributed by atoms with Gasteiger partial charge >= 0.3 is 0 Å². The molecule has 28 heavy (non-hydrogen) atoms. The van der Waals surface area contributed by atoms with Gasteiger partial charge in [-0.15, -0.1) is 0 Å². The SMILES string of the molecule is CC(C)Oc1ccc(CNC(=O)CCc2nc(-c3ccc(Cl)cc3)no2)cc1. The van der Waals surface area contributed by atoms with E-state index in [0.717, 1.165) is 16.9 Å². The lowest BCUT2D eigenvalue weighted by atomic mass is 10.2. The topological polar surface area (TPSA) is 77.2 Å². The van der Waals surface area contributed by atoms with E-state index in [0.29, 0.717) is 29.7 Å². The van der Waals surface area contributed by atoms with Gasteiger partial charge in [-0.2, -0.15) is 4.98 Å². The number of halogens is 1. The Morgan fingerprint density at radius 2 is 1.86 bits per heavy atom. The van der Waals surface area contributed by atoms with Crippen LogP contribution in [0.3, 0.4) is 0 Å². The summed E-state index contributed by atoms with van der Waals surface area (Å²) in [6, 6.07) is 14.9. The van der Waals surface area contributed by atoms with Crippen LogP contribution in [0.4, 0.5) is 0 Å². The molecule has 0 bridgehead atoms. The van der Waals surface area contributed by atoms with Crippen LogP contribution in [-0.4, -0.2) is 22.2 Å². The average molecular weight is 400 g/mol. The molecule has 146 valence electrons. The molecule has 1 heterocycles. The van der Waals surface area contributed by atoms with E-state index in [1.54, 1.807) is 12.1 Å². The summed E-state index contributed by atoms with van der Waals surface area (Å²) >= 11 is 5.88. The highest BCUT2D eigenvalue weighted by Gasteiger charge is 2.11. The van der Waals surface area contributed by atoms with Crippen molar-refractivity contribution in [3.63, 3.8) is 0 Å². The molecule has 1 aromatic heterocycles. The van der Waals surface area contributed by atoms with Crippen LogP contribution in [-0.2, 0) is 17.8 Å². The Bertz CT molecular complexity index is 905. The molecule has 0 aliphatic heterocycles. The van der Waals surface area contributed by atoms with Gasteiger partial charge in [0.25, 0.3) is 0 Å². The summed E-state index contributed by atoms with van der Waals surface area (Å²) in [4.78, 5) is 16.4. The number of benzene rings is 2. The molecule has 2 aromatic carbocycles. The largest absolute Gasteiger partial charge is 0.491 e. The van der Waals surface area contributed by atoms with Crippen molar-refractivity contribution in [1.82, 2.24) is 15.5 Å². The number of carbonyl (C=O) groups excluding carboxylic acids is 1. The summed E-state index contributed by atoms with van der Waals surface area (Å²) in [5.41, 5.74) is 1.82.